The molecule has 1 aromatic rings. The average molecular weight is 283 g/mol. The van der Waals surface area contributed by atoms with Crippen molar-refractivity contribution in [2.75, 3.05) is 27.2 Å². The fraction of sp³-hybridized carbons (Fsp3) is 0.500. The van der Waals surface area contributed by atoms with Crippen LogP contribution in [0.1, 0.15) is 22.3 Å². The van der Waals surface area contributed by atoms with Crippen LogP contribution < -0.4 is 5.32 Å². The first-order valence-electron chi connectivity index (χ1n) is 6.39. The fourth-order valence-electron chi connectivity index (χ4n) is 2.35. The number of likely N-dealkylation sites (N-methyl/N-ethyl adjacent to an activating group) is 1. The topological polar surface area (TPSA) is 41.6 Å². The fourth-order valence-corrected chi connectivity index (χ4v) is 2.53. The number of nitrogens with zero attached hydrogens (tertiary/aromatic N) is 1. The number of hydrogen-bond acceptors (Lipinski definition) is 4. The number of halogens is 1. The molecule has 0 saturated carbocycles. The van der Waals surface area contributed by atoms with E-state index in [1.54, 1.807) is 12.1 Å². The van der Waals surface area contributed by atoms with Gasteiger partial charge in [0.05, 0.1) is 12.7 Å². The molecule has 104 valence electrons. The third-order valence-corrected chi connectivity index (χ3v) is 3.91. The smallest absolute Gasteiger partial charge is 0.337 e. The van der Waals surface area contributed by atoms with Crippen molar-refractivity contribution >= 4 is 17.6 Å². The molecule has 5 heteroatoms. The van der Waals surface area contributed by atoms with Crippen LogP contribution >= 0.6 is 11.6 Å². The number of hydrogen-bond donors (Lipinski definition) is 1. The summed E-state index contributed by atoms with van der Waals surface area (Å²) in [6, 6.07) is 5.78. The molecule has 4 nitrogen and oxygen atoms in total. The second kappa shape index (κ2) is 6.37. The van der Waals surface area contributed by atoms with Gasteiger partial charge in [0.1, 0.15) is 0 Å². The lowest BCUT2D eigenvalue weighted by molar-refractivity contribution is 0.0600. The van der Waals surface area contributed by atoms with Crippen molar-refractivity contribution in [2.45, 2.75) is 19.0 Å². The first kappa shape index (κ1) is 14.3. The van der Waals surface area contributed by atoms with E-state index < -0.39 is 0 Å². The zero-order chi connectivity index (χ0) is 13.8. The molecular formula is C14H19ClN2O2. The van der Waals surface area contributed by atoms with Gasteiger partial charge in [0, 0.05) is 24.2 Å². The Balaban J connectivity index is 2.12. The van der Waals surface area contributed by atoms with Crippen LogP contribution in [0.25, 0.3) is 0 Å². The minimum atomic E-state index is -0.330. The first-order valence-corrected chi connectivity index (χ1v) is 6.77. The Bertz CT molecular complexity index is 459. The SMILES string of the molecule is COC(=O)c1ccc(Cl)c(CN(C)C2CCNC2)c1. The first-order chi connectivity index (χ1) is 9.11. The van der Waals surface area contributed by atoms with Crippen LogP contribution in [-0.2, 0) is 11.3 Å². The maximum atomic E-state index is 11.5. The Morgan fingerprint density at radius 3 is 3.00 bits per heavy atom. The van der Waals surface area contributed by atoms with Crippen molar-refractivity contribution in [2.24, 2.45) is 0 Å². The highest BCUT2D eigenvalue weighted by molar-refractivity contribution is 6.31. The molecule has 1 saturated heterocycles. The van der Waals surface area contributed by atoms with Crippen LogP contribution in [0.15, 0.2) is 18.2 Å². The number of benzene rings is 1. The molecule has 0 bridgehead atoms. The summed E-state index contributed by atoms with van der Waals surface area (Å²) in [5.41, 5.74) is 1.50. The second-order valence-corrected chi connectivity index (χ2v) is 5.27. The zero-order valence-electron chi connectivity index (χ0n) is 11.3. The van der Waals surface area contributed by atoms with E-state index in [0.29, 0.717) is 16.6 Å². The summed E-state index contributed by atoms with van der Waals surface area (Å²) < 4.78 is 4.73. The van der Waals surface area contributed by atoms with Gasteiger partial charge in [0.15, 0.2) is 0 Å². The van der Waals surface area contributed by atoms with Gasteiger partial charge in [-0.2, -0.15) is 0 Å². The lowest BCUT2D eigenvalue weighted by atomic mass is 10.1. The van der Waals surface area contributed by atoms with Crippen LogP contribution in [0.5, 0.6) is 0 Å². The number of esters is 1. The van der Waals surface area contributed by atoms with Gasteiger partial charge in [-0.3, -0.25) is 4.90 Å². The van der Waals surface area contributed by atoms with E-state index in [9.17, 15) is 4.79 Å². The average Bonchev–Trinajstić information content (AvgIpc) is 2.94. The van der Waals surface area contributed by atoms with Gasteiger partial charge < -0.3 is 10.1 Å². The van der Waals surface area contributed by atoms with Gasteiger partial charge in [0.2, 0.25) is 0 Å². The summed E-state index contributed by atoms with van der Waals surface area (Å²) in [6.07, 6.45) is 1.14. The predicted octanol–water partition coefficient (Wildman–Crippen LogP) is 1.92. The molecule has 0 amide bonds. The van der Waals surface area contributed by atoms with E-state index in [-0.39, 0.29) is 5.97 Å². The molecule has 1 unspecified atom stereocenters. The van der Waals surface area contributed by atoms with E-state index >= 15 is 0 Å². The summed E-state index contributed by atoms with van der Waals surface area (Å²) in [5, 5.41) is 4.03. The number of carbonyl (C=O) groups excluding carboxylic acids is 1. The number of ether oxygens (including phenoxy) is 1. The maximum Gasteiger partial charge on any atom is 0.337 e. The summed E-state index contributed by atoms with van der Waals surface area (Å²) in [5.74, 6) is -0.330. The van der Waals surface area contributed by atoms with Gasteiger partial charge in [-0.1, -0.05) is 11.6 Å². The Hall–Kier alpha value is -1.10. The van der Waals surface area contributed by atoms with E-state index in [2.05, 4.69) is 17.3 Å². The van der Waals surface area contributed by atoms with Crippen LogP contribution in [0.4, 0.5) is 0 Å². The van der Waals surface area contributed by atoms with Gasteiger partial charge in [0.25, 0.3) is 0 Å². The highest BCUT2D eigenvalue weighted by atomic mass is 35.5. The normalized spacial score (nSPS) is 18.8. The third kappa shape index (κ3) is 3.47. The minimum Gasteiger partial charge on any atom is -0.465 e. The standard InChI is InChI=1S/C14H19ClN2O2/c1-17(12-5-6-16-8-12)9-11-7-10(14(18)19-2)3-4-13(11)15/h3-4,7,12,16H,5-6,8-9H2,1-2H3. The van der Waals surface area contributed by atoms with Crippen molar-refractivity contribution in [3.8, 4) is 0 Å². The summed E-state index contributed by atoms with van der Waals surface area (Å²) in [4.78, 5) is 13.8. The summed E-state index contributed by atoms with van der Waals surface area (Å²) in [6.45, 7) is 2.80. The molecule has 1 atom stereocenters. The van der Waals surface area contributed by atoms with Crippen molar-refractivity contribution < 1.29 is 9.53 Å². The molecule has 19 heavy (non-hydrogen) atoms. The van der Waals surface area contributed by atoms with Crippen LogP contribution in [-0.4, -0.2) is 44.2 Å². The molecule has 0 aliphatic carbocycles. The van der Waals surface area contributed by atoms with Crippen LogP contribution in [0.2, 0.25) is 5.02 Å². The molecule has 1 heterocycles. The van der Waals surface area contributed by atoms with Crippen molar-refractivity contribution in [1.29, 1.82) is 0 Å². The maximum absolute atomic E-state index is 11.5. The molecule has 1 aromatic carbocycles. The monoisotopic (exact) mass is 282 g/mol. The van der Waals surface area contributed by atoms with Crippen molar-refractivity contribution in [3.63, 3.8) is 0 Å². The highest BCUT2D eigenvalue weighted by Gasteiger charge is 2.20. The van der Waals surface area contributed by atoms with Gasteiger partial charge in [-0.25, -0.2) is 4.79 Å². The lowest BCUT2D eigenvalue weighted by Gasteiger charge is -2.24. The zero-order valence-corrected chi connectivity index (χ0v) is 12.0. The Morgan fingerprint density at radius 1 is 1.58 bits per heavy atom. The molecule has 1 aliphatic heterocycles. The van der Waals surface area contributed by atoms with E-state index in [4.69, 9.17) is 16.3 Å². The number of carbonyl (C=O) groups is 1. The molecule has 1 fully saturated rings. The molecule has 2 rings (SSSR count). The largest absolute Gasteiger partial charge is 0.465 e. The molecule has 0 radical (unpaired) electrons. The number of rotatable bonds is 4. The predicted molar refractivity (Wildman–Crippen MR) is 75.5 cm³/mol. The van der Waals surface area contributed by atoms with Crippen molar-refractivity contribution in [1.82, 2.24) is 10.2 Å². The highest BCUT2D eigenvalue weighted by Crippen LogP contribution is 2.21. The van der Waals surface area contributed by atoms with Gasteiger partial charge in [-0.05, 0) is 43.8 Å². The molecular weight excluding hydrogens is 264 g/mol. The quantitative estimate of drug-likeness (QED) is 0.857. The van der Waals surface area contributed by atoms with Gasteiger partial charge >= 0.3 is 5.97 Å². The summed E-state index contributed by atoms with van der Waals surface area (Å²) >= 11 is 6.20. The van der Waals surface area contributed by atoms with Crippen molar-refractivity contribution in [3.05, 3.63) is 34.3 Å². The molecule has 1 aliphatic rings. The molecule has 1 N–H and O–H groups in total. The number of nitrogens with one attached hydrogen (secondary N) is 1. The molecule has 0 spiro atoms. The van der Waals surface area contributed by atoms with E-state index in [0.717, 1.165) is 31.6 Å². The Labute approximate surface area is 118 Å². The van der Waals surface area contributed by atoms with Crippen LogP contribution in [0.3, 0.4) is 0 Å². The van der Waals surface area contributed by atoms with E-state index in [1.165, 1.54) is 7.11 Å². The third-order valence-electron chi connectivity index (χ3n) is 3.54. The molecule has 0 aromatic heterocycles. The Kier molecular flexibility index (Phi) is 4.80. The lowest BCUT2D eigenvalue weighted by Crippen LogP contribution is -2.33. The van der Waals surface area contributed by atoms with Gasteiger partial charge in [-0.15, -0.1) is 0 Å². The summed E-state index contributed by atoms with van der Waals surface area (Å²) in [7, 11) is 3.46. The Morgan fingerprint density at radius 2 is 2.37 bits per heavy atom. The second-order valence-electron chi connectivity index (χ2n) is 4.86. The number of methoxy groups -OCH3 is 1. The van der Waals surface area contributed by atoms with E-state index in [1.807, 2.05) is 6.07 Å². The van der Waals surface area contributed by atoms with Crippen LogP contribution in [0, 0.1) is 0 Å². The minimum absolute atomic E-state index is 0.330.